The molecule has 2 amide bonds. The second-order valence-electron chi connectivity index (χ2n) is 7.88. The summed E-state index contributed by atoms with van der Waals surface area (Å²) in [5.74, 6) is 0.316. The average molecular weight is 354 g/mol. The van der Waals surface area contributed by atoms with Crippen molar-refractivity contribution in [1.29, 1.82) is 0 Å². The standard InChI is InChI=1S/C22H30N2O2/c1-16(2)14-20(21(25)23-13-12-17-8-4-3-5-9-17)24-15-18-10-6-7-11-19(18)22(24)26/h6-8,10-11,16,20H,3-5,9,12-15H2,1-2H3,(H,23,25)/t20-/m0/s1. The molecular formula is C22H30N2O2. The second-order valence-corrected chi connectivity index (χ2v) is 7.88. The Kier molecular flexibility index (Phi) is 6.12. The van der Waals surface area contributed by atoms with E-state index < -0.39 is 6.04 Å². The number of allylic oxidation sites excluding steroid dienone is 1. The van der Waals surface area contributed by atoms with Gasteiger partial charge in [0.1, 0.15) is 6.04 Å². The summed E-state index contributed by atoms with van der Waals surface area (Å²) in [6, 6.07) is 7.28. The second kappa shape index (κ2) is 8.52. The van der Waals surface area contributed by atoms with Gasteiger partial charge in [0.05, 0.1) is 0 Å². The van der Waals surface area contributed by atoms with Crippen LogP contribution in [0.15, 0.2) is 35.9 Å². The Bertz CT molecular complexity index is 693. The molecule has 3 rings (SSSR count). The van der Waals surface area contributed by atoms with E-state index in [2.05, 4.69) is 25.2 Å². The van der Waals surface area contributed by atoms with Gasteiger partial charge in [-0.25, -0.2) is 0 Å². The molecule has 1 aliphatic carbocycles. The number of nitrogens with one attached hydrogen (secondary N) is 1. The van der Waals surface area contributed by atoms with Crippen molar-refractivity contribution in [3.8, 4) is 0 Å². The highest BCUT2D eigenvalue weighted by atomic mass is 16.2. The Morgan fingerprint density at radius 1 is 1.23 bits per heavy atom. The summed E-state index contributed by atoms with van der Waals surface area (Å²) >= 11 is 0. The van der Waals surface area contributed by atoms with Crippen molar-refractivity contribution >= 4 is 11.8 Å². The van der Waals surface area contributed by atoms with Crippen LogP contribution >= 0.6 is 0 Å². The molecule has 2 aliphatic rings. The number of benzene rings is 1. The Morgan fingerprint density at radius 3 is 2.73 bits per heavy atom. The molecular weight excluding hydrogens is 324 g/mol. The summed E-state index contributed by atoms with van der Waals surface area (Å²) in [4.78, 5) is 27.4. The lowest BCUT2D eigenvalue weighted by Gasteiger charge is -2.28. The predicted octanol–water partition coefficient (Wildman–Crippen LogP) is 4.06. The van der Waals surface area contributed by atoms with Crippen molar-refractivity contribution in [1.82, 2.24) is 10.2 Å². The molecule has 1 N–H and O–H groups in total. The van der Waals surface area contributed by atoms with Gasteiger partial charge in [-0.1, -0.05) is 43.7 Å². The molecule has 1 aromatic carbocycles. The maximum atomic E-state index is 12.9. The van der Waals surface area contributed by atoms with Gasteiger partial charge >= 0.3 is 0 Å². The molecule has 0 unspecified atom stereocenters. The van der Waals surface area contributed by atoms with Gasteiger partial charge in [0.25, 0.3) is 5.91 Å². The molecule has 0 bridgehead atoms. The van der Waals surface area contributed by atoms with Crippen LogP contribution in [0.4, 0.5) is 0 Å². The Hall–Kier alpha value is -2.10. The summed E-state index contributed by atoms with van der Waals surface area (Å²) in [7, 11) is 0. The van der Waals surface area contributed by atoms with E-state index in [1.54, 1.807) is 4.90 Å². The third kappa shape index (κ3) is 4.35. The van der Waals surface area contributed by atoms with Crippen molar-refractivity contribution < 1.29 is 9.59 Å². The van der Waals surface area contributed by atoms with Crippen molar-refractivity contribution in [2.24, 2.45) is 5.92 Å². The lowest BCUT2D eigenvalue weighted by molar-refractivity contribution is -0.126. The molecule has 0 saturated heterocycles. The monoisotopic (exact) mass is 354 g/mol. The van der Waals surface area contributed by atoms with Gasteiger partial charge in [-0.3, -0.25) is 9.59 Å². The maximum absolute atomic E-state index is 12.9. The largest absolute Gasteiger partial charge is 0.354 e. The molecule has 1 aliphatic heterocycles. The fourth-order valence-corrected chi connectivity index (χ4v) is 3.95. The van der Waals surface area contributed by atoms with E-state index in [0.717, 1.165) is 24.0 Å². The molecule has 0 aromatic heterocycles. The Morgan fingerprint density at radius 2 is 2.04 bits per heavy atom. The normalized spacial score (nSPS) is 17.9. The van der Waals surface area contributed by atoms with Crippen LogP contribution in [0.2, 0.25) is 0 Å². The summed E-state index contributed by atoms with van der Waals surface area (Å²) in [6.07, 6.45) is 8.80. The summed E-state index contributed by atoms with van der Waals surface area (Å²) in [5, 5.41) is 3.09. The topological polar surface area (TPSA) is 49.4 Å². The first-order chi connectivity index (χ1) is 12.6. The minimum Gasteiger partial charge on any atom is -0.354 e. The zero-order valence-electron chi connectivity index (χ0n) is 16.0. The number of rotatable bonds is 7. The number of nitrogens with zero attached hydrogens (tertiary/aromatic N) is 1. The quantitative estimate of drug-likeness (QED) is 0.751. The number of carbonyl (C=O) groups is 2. The zero-order chi connectivity index (χ0) is 18.5. The molecule has 26 heavy (non-hydrogen) atoms. The number of carbonyl (C=O) groups excluding carboxylic acids is 2. The third-order valence-electron chi connectivity index (χ3n) is 5.35. The van der Waals surface area contributed by atoms with Gasteiger partial charge in [-0.05, 0) is 56.1 Å². The van der Waals surface area contributed by atoms with Crippen LogP contribution in [0.1, 0.15) is 68.3 Å². The summed E-state index contributed by atoms with van der Waals surface area (Å²) in [6.45, 7) is 5.39. The fourth-order valence-electron chi connectivity index (χ4n) is 3.95. The van der Waals surface area contributed by atoms with Crippen molar-refractivity contribution in [3.63, 3.8) is 0 Å². The number of hydrogen-bond acceptors (Lipinski definition) is 2. The van der Waals surface area contributed by atoms with Crippen molar-refractivity contribution in [2.45, 2.75) is 65.0 Å². The molecule has 0 spiro atoms. The van der Waals surface area contributed by atoms with Gasteiger partial charge in [-0.2, -0.15) is 0 Å². The minimum absolute atomic E-state index is 0.0172. The highest BCUT2D eigenvalue weighted by Crippen LogP contribution is 2.27. The van der Waals surface area contributed by atoms with Crippen LogP contribution in [0.3, 0.4) is 0 Å². The van der Waals surface area contributed by atoms with Crippen molar-refractivity contribution in [3.05, 3.63) is 47.0 Å². The van der Waals surface area contributed by atoms with E-state index in [1.807, 2.05) is 24.3 Å². The maximum Gasteiger partial charge on any atom is 0.255 e. The van der Waals surface area contributed by atoms with E-state index in [-0.39, 0.29) is 11.8 Å². The van der Waals surface area contributed by atoms with E-state index in [4.69, 9.17) is 0 Å². The van der Waals surface area contributed by atoms with Crippen LogP contribution < -0.4 is 5.32 Å². The lowest BCUT2D eigenvalue weighted by atomic mass is 9.97. The minimum atomic E-state index is -0.393. The van der Waals surface area contributed by atoms with Crippen LogP contribution in [-0.2, 0) is 11.3 Å². The van der Waals surface area contributed by atoms with E-state index in [0.29, 0.717) is 25.4 Å². The highest BCUT2D eigenvalue weighted by molar-refractivity contribution is 6.01. The molecule has 140 valence electrons. The zero-order valence-corrected chi connectivity index (χ0v) is 16.0. The molecule has 0 saturated carbocycles. The predicted molar refractivity (Wildman–Crippen MR) is 104 cm³/mol. The number of fused-ring (bicyclic) bond motifs is 1. The molecule has 0 radical (unpaired) electrons. The molecule has 4 nitrogen and oxygen atoms in total. The smallest absolute Gasteiger partial charge is 0.255 e. The number of amides is 2. The Labute approximate surface area is 156 Å². The van der Waals surface area contributed by atoms with Crippen LogP contribution in [-0.4, -0.2) is 29.3 Å². The first-order valence-corrected chi connectivity index (χ1v) is 9.90. The molecule has 1 aromatic rings. The molecule has 4 heteroatoms. The van der Waals surface area contributed by atoms with Gasteiger partial charge in [0.15, 0.2) is 0 Å². The van der Waals surface area contributed by atoms with Gasteiger partial charge in [0.2, 0.25) is 5.91 Å². The van der Waals surface area contributed by atoms with Crippen LogP contribution in [0.5, 0.6) is 0 Å². The molecule has 1 heterocycles. The highest BCUT2D eigenvalue weighted by Gasteiger charge is 2.36. The van der Waals surface area contributed by atoms with Crippen molar-refractivity contribution in [2.75, 3.05) is 6.54 Å². The first-order valence-electron chi connectivity index (χ1n) is 9.90. The van der Waals surface area contributed by atoms with E-state index in [1.165, 1.54) is 24.8 Å². The molecule has 1 atom stereocenters. The average Bonchev–Trinajstić information content (AvgIpc) is 2.97. The summed E-state index contributed by atoms with van der Waals surface area (Å²) in [5.41, 5.74) is 3.22. The molecule has 0 fully saturated rings. The SMILES string of the molecule is CC(C)C[C@@H](C(=O)NCCC1=CCCCC1)N1Cc2ccccc2C1=O. The fraction of sp³-hybridized carbons (Fsp3) is 0.545. The Balaban J connectivity index is 1.63. The van der Waals surface area contributed by atoms with Gasteiger partial charge < -0.3 is 10.2 Å². The van der Waals surface area contributed by atoms with Gasteiger partial charge in [-0.15, -0.1) is 0 Å². The van der Waals surface area contributed by atoms with E-state index in [9.17, 15) is 9.59 Å². The van der Waals surface area contributed by atoms with Crippen LogP contribution in [0.25, 0.3) is 0 Å². The van der Waals surface area contributed by atoms with E-state index >= 15 is 0 Å². The van der Waals surface area contributed by atoms with Crippen LogP contribution in [0, 0.1) is 5.92 Å². The number of hydrogen-bond donors (Lipinski definition) is 1. The third-order valence-corrected chi connectivity index (χ3v) is 5.35. The first kappa shape index (κ1) is 18.7. The lowest BCUT2D eigenvalue weighted by Crippen LogP contribution is -2.48. The summed E-state index contributed by atoms with van der Waals surface area (Å²) < 4.78 is 0. The van der Waals surface area contributed by atoms with Gasteiger partial charge in [0, 0.05) is 18.7 Å².